The predicted molar refractivity (Wildman–Crippen MR) is 80.6 cm³/mol. The van der Waals surface area contributed by atoms with Gasteiger partial charge in [-0.1, -0.05) is 23.7 Å². The van der Waals surface area contributed by atoms with Crippen molar-refractivity contribution < 1.29 is 9.47 Å². The van der Waals surface area contributed by atoms with Gasteiger partial charge in [0.1, 0.15) is 0 Å². The van der Waals surface area contributed by atoms with Gasteiger partial charge < -0.3 is 9.47 Å². The molecule has 0 bridgehead atoms. The minimum Gasteiger partial charge on any atom is -0.319 e. The minimum atomic E-state index is -0.648. The molecule has 112 valence electrons. The van der Waals surface area contributed by atoms with Crippen LogP contribution in [-0.2, 0) is 9.47 Å². The predicted octanol–water partition coefficient (Wildman–Crippen LogP) is 2.73. The summed E-state index contributed by atoms with van der Waals surface area (Å²) in [7, 11) is 0. The van der Waals surface area contributed by atoms with Gasteiger partial charge in [-0.05, 0) is 24.6 Å². The number of aromatic nitrogens is 3. The third-order valence-corrected chi connectivity index (χ3v) is 3.82. The monoisotopic (exact) mass is 317 g/mol. The number of nitrogens with one attached hydrogen (secondary N) is 1. The topological polar surface area (TPSA) is 68.6 Å². The molecule has 6 nitrogen and oxygen atoms in total. The van der Waals surface area contributed by atoms with E-state index in [1.165, 1.54) is 10.7 Å². The molecule has 1 aliphatic rings. The van der Waals surface area contributed by atoms with E-state index in [1.807, 2.05) is 18.2 Å². The number of halogens is 1. The zero-order chi connectivity index (χ0) is 15.3. The molecule has 4 rings (SSSR count). The van der Waals surface area contributed by atoms with Gasteiger partial charge in [-0.3, -0.25) is 9.89 Å². The molecule has 3 aromatic rings. The number of nitrogens with zero attached hydrogens (tertiary/aromatic N) is 2. The van der Waals surface area contributed by atoms with Crippen LogP contribution in [0, 0.1) is 0 Å². The van der Waals surface area contributed by atoms with Crippen LogP contribution in [0.15, 0.2) is 41.5 Å². The van der Waals surface area contributed by atoms with E-state index in [1.54, 1.807) is 19.2 Å². The number of rotatable bonds is 2. The van der Waals surface area contributed by atoms with Crippen LogP contribution in [0.5, 0.6) is 0 Å². The molecule has 3 heterocycles. The molecule has 1 aromatic carbocycles. The Morgan fingerprint density at radius 1 is 1.36 bits per heavy atom. The second-order valence-corrected chi connectivity index (χ2v) is 5.48. The fourth-order valence-corrected chi connectivity index (χ4v) is 2.70. The Bertz CT molecular complexity index is 912. The summed E-state index contributed by atoms with van der Waals surface area (Å²) in [6, 6.07) is 7.38. The number of hydrogen-bond acceptors (Lipinski definition) is 4. The summed E-state index contributed by atoms with van der Waals surface area (Å²) < 4.78 is 12.1. The van der Waals surface area contributed by atoms with E-state index in [2.05, 4.69) is 10.1 Å². The van der Waals surface area contributed by atoms with E-state index in [-0.39, 0.29) is 11.8 Å². The molecule has 0 saturated carbocycles. The molecule has 0 amide bonds. The van der Waals surface area contributed by atoms with Crippen molar-refractivity contribution in [3.8, 4) is 11.1 Å². The average molecular weight is 318 g/mol. The Hall–Kier alpha value is -2.15. The lowest BCUT2D eigenvalue weighted by molar-refractivity contribution is -0.383. The maximum atomic E-state index is 12.5. The first kappa shape index (κ1) is 13.5. The number of fused-ring (bicyclic) bond motifs is 1. The SMILES string of the molecule is CC1OC(c2cnc3c(-c4cccc(Cl)c4)c[nH]n3c2=O)O1. The summed E-state index contributed by atoms with van der Waals surface area (Å²) in [4.78, 5) is 16.9. The quantitative estimate of drug-likeness (QED) is 0.789. The smallest absolute Gasteiger partial charge is 0.281 e. The van der Waals surface area contributed by atoms with Gasteiger partial charge in [0.05, 0.1) is 5.56 Å². The molecule has 0 radical (unpaired) electrons. The molecule has 0 unspecified atom stereocenters. The van der Waals surface area contributed by atoms with Crippen molar-refractivity contribution in [1.29, 1.82) is 0 Å². The highest BCUT2D eigenvalue weighted by atomic mass is 35.5. The highest BCUT2D eigenvalue weighted by Gasteiger charge is 2.31. The Balaban J connectivity index is 1.84. The molecule has 22 heavy (non-hydrogen) atoms. The van der Waals surface area contributed by atoms with Gasteiger partial charge in [-0.15, -0.1) is 0 Å². The fraction of sp³-hybridized carbons (Fsp3) is 0.200. The summed E-state index contributed by atoms with van der Waals surface area (Å²) in [6.07, 6.45) is 2.28. The van der Waals surface area contributed by atoms with Crippen molar-refractivity contribution in [3.63, 3.8) is 0 Å². The van der Waals surface area contributed by atoms with Gasteiger partial charge in [-0.2, -0.15) is 0 Å². The molecular weight excluding hydrogens is 306 g/mol. The lowest BCUT2D eigenvalue weighted by Crippen LogP contribution is -2.36. The van der Waals surface area contributed by atoms with Gasteiger partial charge in [0, 0.05) is 23.0 Å². The van der Waals surface area contributed by atoms with Crippen LogP contribution in [0.25, 0.3) is 16.8 Å². The molecular formula is C15H12ClN3O3. The molecule has 7 heteroatoms. The van der Waals surface area contributed by atoms with Gasteiger partial charge in [-0.25, -0.2) is 9.50 Å². The molecule has 1 N–H and O–H groups in total. The van der Waals surface area contributed by atoms with E-state index in [9.17, 15) is 4.79 Å². The summed E-state index contributed by atoms with van der Waals surface area (Å²) in [5.41, 5.74) is 2.35. The van der Waals surface area contributed by atoms with Crippen LogP contribution >= 0.6 is 11.6 Å². The number of ether oxygens (including phenoxy) is 2. The lowest BCUT2D eigenvalue weighted by Gasteiger charge is -2.32. The lowest BCUT2D eigenvalue weighted by atomic mass is 10.1. The molecule has 0 aliphatic carbocycles. The van der Waals surface area contributed by atoms with Crippen molar-refractivity contribution in [1.82, 2.24) is 14.6 Å². The van der Waals surface area contributed by atoms with Crippen molar-refractivity contribution in [2.24, 2.45) is 0 Å². The highest BCUT2D eigenvalue weighted by Crippen LogP contribution is 2.30. The second kappa shape index (κ2) is 4.95. The third-order valence-electron chi connectivity index (χ3n) is 3.59. The maximum Gasteiger partial charge on any atom is 0.281 e. The third kappa shape index (κ3) is 2.04. The Morgan fingerprint density at radius 3 is 2.91 bits per heavy atom. The van der Waals surface area contributed by atoms with Crippen LogP contribution in [0.4, 0.5) is 0 Å². The van der Waals surface area contributed by atoms with E-state index < -0.39 is 6.29 Å². The van der Waals surface area contributed by atoms with Gasteiger partial charge >= 0.3 is 0 Å². The van der Waals surface area contributed by atoms with Gasteiger partial charge in [0.2, 0.25) is 0 Å². The number of H-pyrrole nitrogens is 1. The Morgan fingerprint density at radius 2 is 2.18 bits per heavy atom. The highest BCUT2D eigenvalue weighted by molar-refractivity contribution is 6.30. The van der Waals surface area contributed by atoms with E-state index in [0.29, 0.717) is 16.2 Å². The van der Waals surface area contributed by atoms with E-state index in [4.69, 9.17) is 21.1 Å². The largest absolute Gasteiger partial charge is 0.319 e. The fourth-order valence-electron chi connectivity index (χ4n) is 2.51. The number of benzene rings is 1. The normalized spacial score (nSPS) is 21.0. The Kier molecular flexibility index (Phi) is 3.04. The van der Waals surface area contributed by atoms with Crippen LogP contribution < -0.4 is 5.56 Å². The summed E-state index contributed by atoms with van der Waals surface area (Å²) in [6.45, 7) is 1.77. The molecule has 2 aromatic heterocycles. The molecule has 0 atom stereocenters. The van der Waals surface area contributed by atoms with Gasteiger partial charge in [0.25, 0.3) is 5.56 Å². The summed E-state index contributed by atoms with van der Waals surface area (Å²) in [5, 5.41) is 3.54. The van der Waals surface area contributed by atoms with Crippen molar-refractivity contribution in [2.75, 3.05) is 0 Å². The van der Waals surface area contributed by atoms with Crippen LogP contribution in [0.2, 0.25) is 5.02 Å². The number of hydrogen-bond donors (Lipinski definition) is 1. The maximum absolute atomic E-state index is 12.5. The van der Waals surface area contributed by atoms with Crippen molar-refractivity contribution in [2.45, 2.75) is 19.5 Å². The number of aromatic amines is 1. The molecule has 0 spiro atoms. The standard InChI is InChI=1S/C15H12ClN3O3/c1-8-21-15(22-8)12-6-17-13-11(7-18-19(13)14(12)20)9-3-2-4-10(16)5-9/h2-8,15,18H,1H3. The zero-order valence-corrected chi connectivity index (χ0v) is 12.4. The average Bonchev–Trinajstić information content (AvgIpc) is 2.90. The van der Waals surface area contributed by atoms with Crippen LogP contribution in [-0.4, -0.2) is 20.9 Å². The van der Waals surface area contributed by atoms with Crippen molar-refractivity contribution in [3.05, 3.63) is 57.6 Å². The van der Waals surface area contributed by atoms with E-state index in [0.717, 1.165) is 11.1 Å². The molecule has 1 saturated heterocycles. The van der Waals surface area contributed by atoms with Crippen LogP contribution in [0.1, 0.15) is 18.8 Å². The van der Waals surface area contributed by atoms with Gasteiger partial charge in [0.15, 0.2) is 18.2 Å². The summed E-state index contributed by atoms with van der Waals surface area (Å²) >= 11 is 6.02. The summed E-state index contributed by atoms with van der Waals surface area (Å²) in [5.74, 6) is 0. The zero-order valence-electron chi connectivity index (χ0n) is 11.6. The van der Waals surface area contributed by atoms with Crippen LogP contribution in [0.3, 0.4) is 0 Å². The first-order valence-corrected chi connectivity index (χ1v) is 7.17. The first-order chi connectivity index (χ1) is 10.6. The van der Waals surface area contributed by atoms with E-state index >= 15 is 0 Å². The second-order valence-electron chi connectivity index (χ2n) is 5.05. The molecule has 1 aliphatic heterocycles. The molecule has 1 fully saturated rings. The van der Waals surface area contributed by atoms with Crippen molar-refractivity contribution >= 4 is 17.2 Å². The first-order valence-electron chi connectivity index (χ1n) is 6.79. The minimum absolute atomic E-state index is 0.241. The Labute approximate surface area is 130 Å².